The first-order chi connectivity index (χ1) is 10.2. The fraction of sp³-hybridized carbons (Fsp3) is 0. The van der Waals surface area contributed by atoms with Crippen LogP contribution in [-0.2, 0) is 0 Å². The Bertz CT molecular complexity index is 775. The number of pyridine rings is 1. The average molecular weight is 315 g/mol. The zero-order chi connectivity index (χ0) is 14.7. The summed E-state index contributed by atoms with van der Waals surface area (Å²) in [6.07, 6.45) is 1.54. The molecule has 3 rings (SSSR count). The van der Waals surface area contributed by atoms with Crippen LogP contribution in [0.3, 0.4) is 0 Å². The third-order valence-electron chi connectivity index (χ3n) is 2.68. The first-order valence-electron chi connectivity index (χ1n) is 6.02. The smallest absolute Gasteiger partial charge is 0.258 e. The van der Waals surface area contributed by atoms with E-state index >= 15 is 0 Å². The number of hydrogen-bond donors (Lipinski definition) is 0. The Morgan fingerprint density at radius 1 is 1.14 bits per heavy atom. The fourth-order valence-corrected chi connectivity index (χ4v) is 3.52. The summed E-state index contributed by atoms with van der Waals surface area (Å²) in [5, 5.41) is 13.3. The van der Waals surface area contributed by atoms with Crippen LogP contribution in [0.25, 0.3) is 11.3 Å². The van der Waals surface area contributed by atoms with E-state index in [1.165, 1.54) is 29.2 Å². The molecule has 2 aromatic heterocycles. The van der Waals surface area contributed by atoms with Crippen LogP contribution < -0.4 is 0 Å². The lowest BCUT2D eigenvalue weighted by Crippen LogP contribution is -1.92. The van der Waals surface area contributed by atoms with Crippen molar-refractivity contribution in [1.82, 2.24) is 9.97 Å². The van der Waals surface area contributed by atoms with E-state index in [9.17, 15) is 10.1 Å². The summed E-state index contributed by atoms with van der Waals surface area (Å²) < 4.78 is 0.732. The lowest BCUT2D eigenvalue weighted by Gasteiger charge is -1.98. The molecule has 0 amide bonds. The van der Waals surface area contributed by atoms with Crippen molar-refractivity contribution in [3.63, 3.8) is 0 Å². The Balaban J connectivity index is 1.87. The molecule has 1 aromatic carbocycles. The Morgan fingerprint density at radius 2 is 1.95 bits per heavy atom. The van der Waals surface area contributed by atoms with Crippen molar-refractivity contribution < 1.29 is 4.92 Å². The Morgan fingerprint density at radius 3 is 2.71 bits per heavy atom. The van der Waals surface area contributed by atoms with Gasteiger partial charge in [-0.2, -0.15) is 0 Å². The fourth-order valence-electron chi connectivity index (χ4n) is 1.73. The molecule has 2 heterocycles. The second kappa shape index (κ2) is 6.02. The number of hydrogen-bond acceptors (Lipinski definition) is 6. The van der Waals surface area contributed by atoms with Crippen LogP contribution in [0.15, 0.2) is 63.4 Å². The van der Waals surface area contributed by atoms with E-state index in [4.69, 9.17) is 0 Å². The maximum Gasteiger partial charge on any atom is 0.301 e. The van der Waals surface area contributed by atoms with Crippen LogP contribution in [-0.4, -0.2) is 14.9 Å². The molecule has 7 heteroatoms. The molecular weight excluding hydrogens is 306 g/mol. The van der Waals surface area contributed by atoms with Crippen molar-refractivity contribution >= 4 is 28.8 Å². The molecule has 0 aliphatic heterocycles. The van der Waals surface area contributed by atoms with Gasteiger partial charge in [-0.25, -0.2) is 9.97 Å². The van der Waals surface area contributed by atoms with Gasteiger partial charge in [-0.3, -0.25) is 10.1 Å². The number of rotatable bonds is 4. The molecule has 3 aromatic rings. The second-order valence-corrected chi connectivity index (χ2v) is 6.15. The van der Waals surface area contributed by atoms with Gasteiger partial charge < -0.3 is 0 Å². The molecule has 0 saturated carbocycles. The summed E-state index contributed by atoms with van der Waals surface area (Å²) in [5.41, 5.74) is 1.89. The Hall–Kier alpha value is -2.25. The predicted molar refractivity (Wildman–Crippen MR) is 82.6 cm³/mol. The molecule has 0 aliphatic rings. The standard InChI is InChI=1S/C14H9N3O2S2/c18-17(19)12-7-4-8-15-13(12)21-14-16-11(9-20-14)10-5-2-1-3-6-10/h1-9H. The van der Waals surface area contributed by atoms with Crippen molar-refractivity contribution in [3.8, 4) is 11.3 Å². The minimum Gasteiger partial charge on any atom is -0.258 e. The highest BCUT2D eigenvalue weighted by molar-refractivity contribution is 8.01. The number of benzene rings is 1. The van der Waals surface area contributed by atoms with Gasteiger partial charge in [0.05, 0.1) is 10.6 Å². The number of thiazole rings is 1. The van der Waals surface area contributed by atoms with Crippen molar-refractivity contribution in [2.45, 2.75) is 9.37 Å². The molecule has 21 heavy (non-hydrogen) atoms. The maximum atomic E-state index is 11.0. The van der Waals surface area contributed by atoms with E-state index < -0.39 is 4.92 Å². The third-order valence-corrected chi connectivity index (χ3v) is 4.63. The van der Waals surface area contributed by atoms with Gasteiger partial charge in [0.1, 0.15) is 0 Å². The number of nitro groups is 1. The van der Waals surface area contributed by atoms with Crippen molar-refractivity contribution in [2.24, 2.45) is 0 Å². The molecule has 0 fully saturated rings. The molecular formula is C14H9N3O2S2. The highest BCUT2D eigenvalue weighted by atomic mass is 32.2. The molecule has 0 unspecified atom stereocenters. The lowest BCUT2D eigenvalue weighted by molar-refractivity contribution is -0.388. The molecule has 0 radical (unpaired) electrons. The van der Waals surface area contributed by atoms with Crippen molar-refractivity contribution in [2.75, 3.05) is 0 Å². The minimum absolute atomic E-state index is 0.000962. The van der Waals surface area contributed by atoms with E-state index in [-0.39, 0.29) is 5.69 Å². The summed E-state index contributed by atoms with van der Waals surface area (Å²) in [6, 6.07) is 12.8. The zero-order valence-electron chi connectivity index (χ0n) is 10.7. The monoisotopic (exact) mass is 315 g/mol. The van der Waals surface area contributed by atoms with Gasteiger partial charge in [0.2, 0.25) is 0 Å². The van der Waals surface area contributed by atoms with Crippen LogP contribution in [0, 0.1) is 10.1 Å². The quantitative estimate of drug-likeness (QED) is 0.531. The van der Waals surface area contributed by atoms with Crippen LogP contribution in [0.5, 0.6) is 0 Å². The topological polar surface area (TPSA) is 68.9 Å². The number of aromatic nitrogens is 2. The van der Waals surface area contributed by atoms with Gasteiger partial charge in [0.25, 0.3) is 0 Å². The summed E-state index contributed by atoms with van der Waals surface area (Å²) >= 11 is 2.66. The van der Waals surface area contributed by atoms with E-state index in [0.29, 0.717) is 5.03 Å². The molecule has 104 valence electrons. The first-order valence-corrected chi connectivity index (χ1v) is 7.72. The van der Waals surface area contributed by atoms with Gasteiger partial charge in [-0.05, 0) is 17.8 Å². The highest BCUT2D eigenvalue weighted by Crippen LogP contribution is 2.36. The normalized spacial score (nSPS) is 10.5. The predicted octanol–water partition coefficient (Wildman–Crippen LogP) is 4.26. The molecule has 0 N–H and O–H groups in total. The van der Waals surface area contributed by atoms with Crippen molar-refractivity contribution in [3.05, 3.63) is 64.2 Å². The van der Waals surface area contributed by atoms with Gasteiger partial charge in [-0.15, -0.1) is 11.3 Å². The molecule has 0 aliphatic carbocycles. The Kier molecular flexibility index (Phi) is 3.94. The molecule has 0 spiro atoms. The summed E-state index contributed by atoms with van der Waals surface area (Å²) in [5.74, 6) is 0. The van der Waals surface area contributed by atoms with Crippen molar-refractivity contribution in [1.29, 1.82) is 0 Å². The minimum atomic E-state index is -0.430. The Labute approximate surface area is 128 Å². The van der Waals surface area contributed by atoms with E-state index in [2.05, 4.69) is 9.97 Å². The zero-order valence-corrected chi connectivity index (χ0v) is 12.3. The number of nitrogens with zero attached hydrogens (tertiary/aromatic N) is 3. The molecule has 5 nitrogen and oxygen atoms in total. The van der Waals surface area contributed by atoms with Gasteiger partial charge in [0.15, 0.2) is 9.37 Å². The largest absolute Gasteiger partial charge is 0.301 e. The van der Waals surface area contributed by atoms with Crippen LogP contribution in [0.1, 0.15) is 0 Å². The molecule has 0 atom stereocenters. The summed E-state index contributed by atoms with van der Waals surface area (Å²) in [4.78, 5) is 19.1. The van der Waals surface area contributed by atoms with Crippen LogP contribution >= 0.6 is 23.1 Å². The van der Waals surface area contributed by atoms with E-state index in [1.54, 1.807) is 12.3 Å². The summed E-state index contributed by atoms with van der Waals surface area (Å²) in [6.45, 7) is 0. The molecule has 0 saturated heterocycles. The highest BCUT2D eigenvalue weighted by Gasteiger charge is 2.17. The van der Waals surface area contributed by atoms with Crippen LogP contribution in [0.2, 0.25) is 0 Å². The second-order valence-electron chi connectivity index (χ2n) is 4.05. The van der Waals surface area contributed by atoms with E-state index in [1.807, 2.05) is 35.7 Å². The van der Waals surface area contributed by atoms with Gasteiger partial charge in [0, 0.05) is 23.2 Å². The maximum absolute atomic E-state index is 11.0. The van der Waals surface area contributed by atoms with Gasteiger partial charge >= 0.3 is 5.69 Å². The lowest BCUT2D eigenvalue weighted by atomic mass is 10.2. The third kappa shape index (κ3) is 3.09. The van der Waals surface area contributed by atoms with E-state index in [0.717, 1.165) is 15.6 Å². The SMILES string of the molecule is O=[N+]([O-])c1cccnc1Sc1nc(-c2ccccc2)cs1. The molecule has 0 bridgehead atoms. The first kappa shape index (κ1) is 13.7. The average Bonchev–Trinajstić information content (AvgIpc) is 2.97. The summed E-state index contributed by atoms with van der Waals surface area (Å²) in [7, 11) is 0. The van der Waals surface area contributed by atoms with Crippen LogP contribution in [0.4, 0.5) is 5.69 Å². The van der Waals surface area contributed by atoms with Gasteiger partial charge in [-0.1, -0.05) is 30.3 Å².